The molecule has 2 aromatic heterocycles. The summed E-state index contributed by atoms with van der Waals surface area (Å²) in [6.07, 6.45) is 0. The Balaban J connectivity index is 1.48. The summed E-state index contributed by atoms with van der Waals surface area (Å²) in [5.74, 6) is 1.42. The molecule has 0 spiro atoms. The van der Waals surface area contributed by atoms with Gasteiger partial charge in [-0.2, -0.15) is 4.68 Å². The lowest BCUT2D eigenvalue weighted by molar-refractivity contribution is 0.528. The Labute approximate surface area is 152 Å². The van der Waals surface area contributed by atoms with Crippen LogP contribution in [0.5, 0.6) is 0 Å². The van der Waals surface area contributed by atoms with Crippen molar-refractivity contribution in [3.8, 4) is 17.1 Å². The predicted molar refractivity (Wildman–Crippen MR) is 93.5 cm³/mol. The van der Waals surface area contributed by atoms with E-state index in [4.69, 9.17) is 16.0 Å². The van der Waals surface area contributed by atoms with Gasteiger partial charge in [0.05, 0.1) is 11.4 Å². The minimum atomic E-state index is 0.454. The summed E-state index contributed by atoms with van der Waals surface area (Å²) in [4.78, 5) is 0. The van der Waals surface area contributed by atoms with Gasteiger partial charge in [0.1, 0.15) is 0 Å². The Morgan fingerprint density at radius 2 is 1.76 bits per heavy atom. The van der Waals surface area contributed by atoms with E-state index in [1.807, 2.05) is 42.5 Å². The Morgan fingerprint density at radius 3 is 2.56 bits per heavy atom. The molecule has 2 aromatic carbocycles. The first-order valence-corrected chi connectivity index (χ1v) is 8.71. The van der Waals surface area contributed by atoms with Crippen LogP contribution >= 0.6 is 23.4 Å². The number of hydrogen-bond donors (Lipinski definition) is 0. The van der Waals surface area contributed by atoms with E-state index in [0.717, 1.165) is 11.3 Å². The average Bonchev–Trinajstić information content (AvgIpc) is 3.31. The number of nitrogens with zero attached hydrogens (tertiary/aromatic N) is 6. The molecule has 0 atom stereocenters. The Morgan fingerprint density at radius 1 is 0.960 bits per heavy atom. The highest BCUT2D eigenvalue weighted by atomic mass is 35.5. The van der Waals surface area contributed by atoms with Crippen molar-refractivity contribution in [2.45, 2.75) is 10.9 Å². The first-order chi connectivity index (χ1) is 12.3. The van der Waals surface area contributed by atoms with Gasteiger partial charge < -0.3 is 4.42 Å². The van der Waals surface area contributed by atoms with Crippen LogP contribution < -0.4 is 0 Å². The molecular weight excluding hydrogens is 360 g/mol. The second-order valence-corrected chi connectivity index (χ2v) is 6.38. The number of halogens is 1. The first-order valence-electron chi connectivity index (χ1n) is 7.34. The van der Waals surface area contributed by atoms with Crippen LogP contribution in [0.3, 0.4) is 0 Å². The fraction of sp³-hybridized carbons (Fsp3) is 0.0625. The van der Waals surface area contributed by atoms with Crippen LogP contribution in [0.15, 0.2) is 64.2 Å². The molecule has 0 unspecified atom stereocenters. The Bertz CT molecular complexity index is 970. The van der Waals surface area contributed by atoms with E-state index in [0.29, 0.717) is 27.7 Å². The molecule has 0 amide bonds. The van der Waals surface area contributed by atoms with Crippen molar-refractivity contribution >= 4 is 23.4 Å². The molecule has 0 fully saturated rings. The highest BCUT2D eigenvalue weighted by molar-refractivity contribution is 7.98. The standard InChI is InChI=1S/C16H11ClN6OS/c17-12-8-6-11(7-9-12)15-19-18-14(24-15)10-25-16-20-21-22-23(16)13-4-2-1-3-5-13/h1-9H,10H2. The van der Waals surface area contributed by atoms with Crippen molar-refractivity contribution in [1.29, 1.82) is 0 Å². The highest BCUT2D eigenvalue weighted by Gasteiger charge is 2.13. The number of tetrazole rings is 1. The number of thioether (sulfide) groups is 1. The van der Waals surface area contributed by atoms with Gasteiger partial charge in [-0.05, 0) is 46.8 Å². The Hall–Kier alpha value is -2.71. The topological polar surface area (TPSA) is 82.5 Å². The molecule has 9 heteroatoms. The van der Waals surface area contributed by atoms with Crippen molar-refractivity contribution in [3.05, 3.63) is 65.5 Å². The molecule has 0 aliphatic rings. The van der Waals surface area contributed by atoms with Crippen LogP contribution in [0.1, 0.15) is 5.89 Å². The van der Waals surface area contributed by atoms with Gasteiger partial charge in [0, 0.05) is 10.6 Å². The van der Waals surface area contributed by atoms with Gasteiger partial charge in [-0.3, -0.25) is 0 Å². The number of aromatic nitrogens is 6. The largest absolute Gasteiger partial charge is 0.420 e. The summed E-state index contributed by atoms with van der Waals surface area (Å²) in [6, 6.07) is 16.9. The highest BCUT2D eigenvalue weighted by Crippen LogP contribution is 2.25. The molecular formula is C16H11ClN6OS. The van der Waals surface area contributed by atoms with Gasteiger partial charge >= 0.3 is 0 Å². The normalized spacial score (nSPS) is 10.9. The van der Waals surface area contributed by atoms with Crippen LogP contribution in [0.4, 0.5) is 0 Å². The van der Waals surface area contributed by atoms with E-state index in [1.165, 1.54) is 11.8 Å². The molecule has 0 bridgehead atoms. The van der Waals surface area contributed by atoms with Crippen LogP contribution in [-0.2, 0) is 5.75 Å². The van der Waals surface area contributed by atoms with Crippen molar-refractivity contribution < 1.29 is 4.42 Å². The molecule has 0 saturated heterocycles. The molecule has 0 N–H and O–H groups in total. The second kappa shape index (κ2) is 7.04. The van der Waals surface area contributed by atoms with Gasteiger partial charge in [-0.15, -0.1) is 15.3 Å². The molecule has 0 radical (unpaired) electrons. The zero-order valence-electron chi connectivity index (χ0n) is 12.8. The van der Waals surface area contributed by atoms with Gasteiger partial charge in [-0.25, -0.2) is 0 Å². The van der Waals surface area contributed by atoms with Gasteiger partial charge in [0.25, 0.3) is 0 Å². The lowest BCUT2D eigenvalue weighted by Gasteiger charge is -2.02. The minimum absolute atomic E-state index is 0.454. The fourth-order valence-corrected chi connectivity index (χ4v) is 3.00. The number of para-hydroxylation sites is 1. The average molecular weight is 371 g/mol. The number of rotatable bonds is 5. The summed E-state index contributed by atoms with van der Waals surface area (Å²) in [6.45, 7) is 0. The summed E-state index contributed by atoms with van der Waals surface area (Å²) < 4.78 is 7.36. The monoisotopic (exact) mass is 370 g/mol. The van der Waals surface area contributed by atoms with Crippen LogP contribution in [0.2, 0.25) is 5.02 Å². The van der Waals surface area contributed by atoms with Crippen LogP contribution in [0.25, 0.3) is 17.1 Å². The summed E-state index contributed by atoms with van der Waals surface area (Å²) in [7, 11) is 0. The predicted octanol–water partition coefficient (Wildman–Crippen LogP) is 3.66. The third-order valence-electron chi connectivity index (χ3n) is 3.32. The molecule has 124 valence electrons. The quantitative estimate of drug-likeness (QED) is 0.496. The lowest BCUT2D eigenvalue weighted by atomic mass is 10.2. The fourth-order valence-electron chi connectivity index (χ4n) is 2.15. The molecule has 4 rings (SSSR count). The van der Waals surface area contributed by atoms with E-state index in [-0.39, 0.29) is 0 Å². The van der Waals surface area contributed by atoms with E-state index < -0.39 is 0 Å². The van der Waals surface area contributed by atoms with Crippen LogP contribution in [-0.4, -0.2) is 30.4 Å². The van der Waals surface area contributed by atoms with Crippen molar-refractivity contribution in [1.82, 2.24) is 30.4 Å². The Kier molecular flexibility index (Phi) is 4.45. The molecule has 0 aliphatic heterocycles. The third kappa shape index (κ3) is 3.54. The zero-order valence-corrected chi connectivity index (χ0v) is 14.4. The maximum Gasteiger partial charge on any atom is 0.247 e. The summed E-state index contributed by atoms with van der Waals surface area (Å²) in [5, 5.41) is 21.2. The van der Waals surface area contributed by atoms with Crippen molar-refractivity contribution in [3.63, 3.8) is 0 Å². The first kappa shape index (κ1) is 15.8. The number of hydrogen-bond acceptors (Lipinski definition) is 7. The van der Waals surface area contributed by atoms with Crippen molar-refractivity contribution in [2.75, 3.05) is 0 Å². The van der Waals surface area contributed by atoms with Crippen molar-refractivity contribution in [2.24, 2.45) is 0 Å². The van der Waals surface area contributed by atoms with Gasteiger partial charge in [-0.1, -0.05) is 41.6 Å². The van der Waals surface area contributed by atoms with E-state index in [1.54, 1.807) is 16.8 Å². The maximum absolute atomic E-state index is 5.89. The summed E-state index contributed by atoms with van der Waals surface area (Å²) >= 11 is 7.31. The minimum Gasteiger partial charge on any atom is -0.420 e. The molecule has 25 heavy (non-hydrogen) atoms. The third-order valence-corrected chi connectivity index (χ3v) is 4.48. The summed E-state index contributed by atoms with van der Waals surface area (Å²) in [5.41, 5.74) is 1.71. The SMILES string of the molecule is Clc1ccc(-c2nnc(CSc3nnnn3-c3ccccc3)o2)cc1. The van der Waals surface area contributed by atoms with E-state index in [2.05, 4.69) is 25.7 Å². The molecule has 0 saturated carbocycles. The molecule has 4 aromatic rings. The zero-order chi connectivity index (χ0) is 17.1. The number of benzene rings is 2. The smallest absolute Gasteiger partial charge is 0.247 e. The van der Waals surface area contributed by atoms with Crippen LogP contribution in [0, 0.1) is 0 Å². The molecule has 7 nitrogen and oxygen atoms in total. The maximum atomic E-state index is 5.89. The second-order valence-electron chi connectivity index (χ2n) is 5.01. The molecule has 0 aliphatic carbocycles. The lowest BCUT2D eigenvalue weighted by Crippen LogP contribution is -1.98. The van der Waals surface area contributed by atoms with Gasteiger partial charge in [0.15, 0.2) is 0 Å². The van der Waals surface area contributed by atoms with E-state index in [9.17, 15) is 0 Å². The molecule has 2 heterocycles. The van der Waals surface area contributed by atoms with E-state index >= 15 is 0 Å². The van der Waals surface area contributed by atoms with Gasteiger partial charge in [0.2, 0.25) is 16.9 Å².